The summed E-state index contributed by atoms with van der Waals surface area (Å²) in [6.45, 7) is 0.831. The van der Waals surface area contributed by atoms with E-state index in [1.807, 2.05) is 0 Å². The average Bonchev–Trinajstić information content (AvgIpc) is 2.81. The molecule has 106 valence electrons. The summed E-state index contributed by atoms with van der Waals surface area (Å²) in [6, 6.07) is 0.163. The van der Waals surface area contributed by atoms with E-state index in [1.54, 1.807) is 0 Å². The summed E-state index contributed by atoms with van der Waals surface area (Å²) < 4.78 is 60.7. The lowest BCUT2D eigenvalue weighted by molar-refractivity contribution is -0.0500. The molecule has 2 aliphatic rings. The Morgan fingerprint density at radius 2 is 1.89 bits per heavy atom. The molecular weight excluding hydrogens is 269 g/mol. The predicted molar refractivity (Wildman–Crippen MR) is 60.3 cm³/mol. The third-order valence-corrected chi connectivity index (χ3v) is 5.32. The van der Waals surface area contributed by atoms with E-state index < -0.39 is 15.5 Å². The summed E-state index contributed by atoms with van der Waals surface area (Å²) >= 11 is 0. The Labute approximate surface area is 105 Å². The maximum Gasteiger partial charge on any atom is 0.511 e. The van der Waals surface area contributed by atoms with Gasteiger partial charge in [0.05, 0.1) is 0 Å². The number of rotatable bonds is 2. The fourth-order valence-corrected chi connectivity index (χ4v) is 3.83. The van der Waals surface area contributed by atoms with Crippen LogP contribution in [-0.2, 0) is 10.0 Å². The summed E-state index contributed by atoms with van der Waals surface area (Å²) in [7, 11) is -5.16. The summed E-state index contributed by atoms with van der Waals surface area (Å²) in [5, 5.41) is 3.23. The number of nitrogens with one attached hydrogen (secondary N) is 1. The molecule has 0 bridgehead atoms. The van der Waals surface area contributed by atoms with Crippen LogP contribution in [0.25, 0.3) is 0 Å². The number of alkyl halides is 3. The molecule has 1 N–H and O–H groups in total. The standard InChI is InChI=1S/C10H17F3N2O2S/c11-10(12,13)18(16,17)15-6-2-3-8(7-15)9-4-1-5-14-9/h8-9,14H,1-7H2. The maximum absolute atomic E-state index is 12.5. The van der Waals surface area contributed by atoms with Gasteiger partial charge in [0.15, 0.2) is 0 Å². The molecule has 0 aliphatic carbocycles. The zero-order valence-electron chi connectivity index (χ0n) is 9.91. The molecule has 8 heteroatoms. The van der Waals surface area contributed by atoms with Gasteiger partial charge in [0.1, 0.15) is 0 Å². The van der Waals surface area contributed by atoms with Gasteiger partial charge in [-0.1, -0.05) is 0 Å². The van der Waals surface area contributed by atoms with Gasteiger partial charge in [-0.25, -0.2) is 8.42 Å². The van der Waals surface area contributed by atoms with E-state index in [9.17, 15) is 21.6 Å². The van der Waals surface area contributed by atoms with Crippen LogP contribution in [0.15, 0.2) is 0 Å². The Morgan fingerprint density at radius 3 is 2.44 bits per heavy atom. The van der Waals surface area contributed by atoms with Crippen LogP contribution in [0.1, 0.15) is 25.7 Å². The Kier molecular flexibility index (Phi) is 3.89. The highest BCUT2D eigenvalue weighted by Gasteiger charge is 2.51. The van der Waals surface area contributed by atoms with Crippen molar-refractivity contribution >= 4 is 10.0 Å². The van der Waals surface area contributed by atoms with Gasteiger partial charge >= 0.3 is 15.5 Å². The van der Waals surface area contributed by atoms with Gasteiger partial charge < -0.3 is 5.32 Å². The molecule has 4 nitrogen and oxygen atoms in total. The number of nitrogens with zero attached hydrogens (tertiary/aromatic N) is 1. The second-order valence-corrected chi connectivity index (χ2v) is 6.84. The number of hydrogen-bond acceptors (Lipinski definition) is 3. The number of hydrogen-bond donors (Lipinski definition) is 1. The van der Waals surface area contributed by atoms with Crippen molar-refractivity contribution in [3.8, 4) is 0 Å². The molecule has 2 unspecified atom stereocenters. The van der Waals surface area contributed by atoms with Crippen molar-refractivity contribution < 1.29 is 21.6 Å². The third kappa shape index (κ3) is 2.65. The minimum atomic E-state index is -5.18. The first kappa shape index (κ1) is 14.1. The summed E-state index contributed by atoms with van der Waals surface area (Å²) in [5.74, 6) is -0.00150. The first-order chi connectivity index (χ1) is 8.32. The monoisotopic (exact) mass is 286 g/mol. The van der Waals surface area contributed by atoms with Crippen LogP contribution < -0.4 is 5.32 Å². The van der Waals surface area contributed by atoms with Crippen molar-refractivity contribution in [3.05, 3.63) is 0 Å². The quantitative estimate of drug-likeness (QED) is 0.832. The molecule has 0 amide bonds. The Bertz CT molecular complexity index is 390. The summed E-state index contributed by atoms with van der Waals surface area (Å²) in [6.07, 6.45) is 3.22. The second-order valence-electron chi connectivity index (χ2n) is 4.91. The largest absolute Gasteiger partial charge is 0.511 e. The van der Waals surface area contributed by atoms with Gasteiger partial charge in [-0.2, -0.15) is 17.5 Å². The normalized spacial score (nSPS) is 31.7. The molecule has 18 heavy (non-hydrogen) atoms. The van der Waals surface area contributed by atoms with E-state index in [0.29, 0.717) is 10.7 Å². The predicted octanol–water partition coefficient (Wildman–Crippen LogP) is 1.30. The molecule has 0 aromatic heterocycles. The Morgan fingerprint density at radius 1 is 1.17 bits per heavy atom. The highest BCUT2D eigenvalue weighted by atomic mass is 32.2. The van der Waals surface area contributed by atoms with Crippen LogP contribution in [0, 0.1) is 5.92 Å². The van der Waals surface area contributed by atoms with Gasteiger partial charge in [-0.05, 0) is 38.1 Å². The number of piperidine rings is 1. The molecule has 2 fully saturated rings. The van der Waals surface area contributed by atoms with Crippen LogP contribution in [0.5, 0.6) is 0 Å². The molecule has 2 rings (SSSR count). The molecule has 2 saturated heterocycles. The minimum absolute atomic E-state index is 0.00150. The molecule has 0 aromatic carbocycles. The van der Waals surface area contributed by atoms with Crippen molar-refractivity contribution in [2.45, 2.75) is 37.2 Å². The van der Waals surface area contributed by atoms with Crippen molar-refractivity contribution in [2.75, 3.05) is 19.6 Å². The summed E-state index contributed by atoms with van der Waals surface area (Å²) in [4.78, 5) is 0. The maximum atomic E-state index is 12.5. The van der Waals surface area contributed by atoms with E-state index >= 15 is 0 Å². The Hall–Kier alpha value is -0.340. The summed E-state index contributed by atoms with van der Waals surface area (Å²) in [5.41, 5.74) is -5.18. The molecule has 0 spiro atoms. The van der Waals surface area contributed by atoms with Crippen molar-refractivity contribution in [3.63, 3.8) is 0 Å². The fourth-order valence-electron chi connectivity index (χ4n) is 2.78. The molecule has 0 aromatic rings. The highest BCUT2D eigenvalue weighted by Crippen LogP contribution is 2.32. The van der Waals surface area contributed by atoms with Crippen molar-refractivity contribution in [1.82, 2.24) is 9.62 Å². The van der Waals surface area contributed by atoms with Gasteiger partial charge in [-0.3, -0.25) is 0 Å². The fraction of sp³-hybridized carbons (Fsp3) is 1.00. The Balaban J connectivity index is 2.07. The lowest BCUT2D eigenvalue weighted by atomic mass is 9.91. The van der Waals surface area contributed by atoms with Crippen LogP contribution in [0.3, 0.4) is 0 Å². The zero-order chi connectivity index (χ0) is 13.4. The van der Waals surface area contributed by atoms with E-state index in [2.05, 4.69) is 5.32 Å². The first-order valence-electron chi connectivity index (χ1n) is 6.12. The molecule has 0 saturated carbocycles. The SMILES string of the molecule is O=S(=O)(N1CCCC(C2CCCN2)C1)C(F)(F)F. The number of sulfonamides is 1. The van der Waals surface area contributed by atoms with Gasteiger partial charge in [-0.15, -0.1) is 0 Å². The van der Waals surface area contributed by atoms with Crippen molar-refractivity contribution in [1.29, 1.82) is 0 Å². The van der Waals surface area contributed by atoms with E-state index in [-0.39, 0.29) is 25.0 Å². The van der Waals surface area contributed by atoms with Crippen LogP contribution in [0.4, 0.5) is 13.2 Å². The highest BCUT2D eigenvalue weighted by molar-refractivity contribution is 7.90. The van der Waals surface area contributed by atoms with E-state index in [4.69, 9.17) is 0 Å². The second kappa shape index (κ2) is 4.97. The van der Waals surface area contributed by atoms with Gasteiger partial charge in [0.25, 0.3) is 0 Å². The third-order valence-electron chi connectivity index (χ3n) is 3.72. The molecule has 2 heterocycles. The van der Waals surface area contributed by atoms with Gasteiger partial charge in [0.2, 0.25) is 0 Å². The average molecular weight is 286 g/mol. The molecule has 2 atom stereocenters. The lowest BCUT2D eigenvalue weighted by Gasteiger charge is -2.35. The number of halogens is 3. The van der Waals surface area contributed by atoms with Crippen LogP contribution in [-0.4, -0.2) is 43.9 Å². The van der Waals surface area contributed by atoms with Crippen molar-refractivity contribution in [2.24, 2.45) is 5.92 Å². The topological polar surface area (TPSA) is 49.4 Å². The molecular formula is C10H17F3N2O2S. The van der Waals surface area contributed by atoms with Gasteiger partial charge in [0, 0.05) is 19.1 Å². The van der Waals surface area contributed by atoms with Crippen LogP contribution in [0.2, 0.25) is 0 Å². The van der Waals surface area contributed by atoms with Crippen LogP contribution >= 0.6 is 0 Å². The van der Waals surface area contributed by atoms with E-state index in [0.717, 1.165) is 25.8 Å². The molecule has 2 aliphatic heterocycles. The zero-order valence-corrected chi connectivity index (χ0v) is 10.7. The smallest absolute Gasteiger partial charge is 0.314 e. The first-order valence-corrected chi connectivity index (χ1v) is 7.56. The van der Waals surface area contributed by atoms with E-state index in [1.165, 1.54) is 0 Å². The lowest BCUT2D eigenvalue weighted by Crippen LogP contribution is -2.49. The molecule has 0 radical (unpaired) electrons. The minimum Gasteiger partial charge on any atom is -0.314 e.